The Balaban J connectivity index is 1.33. The third-order valence-electron chi connectivity index (χ3n) is 10.9. The molecule has 3 saturated carbocycles. The van der Waals surface area contributed by atoms with Crippen LogP contribution in [0.1, 0.15) is 70.3 Å². The Labute approximate surface area is 198 Å². The number of ether oxygens (including phenoxy) is 4. The largest absolute Gasteiger partial charge is 0.347 e. The van der Waals surface area contributed by atoms with Gasteiger partial charge in [0.25, 0.3) is 0 Å². The maximum atomic E-state index is 6.46. The van der Waals surface area contributed by atoms with Gasteiger partial charge in [0.15, 0.2) is 11.6 Å². The fraction of sp³-hybridized carbons (Fsp3) is 0.724. The van der Waals surface area contributed by atoms with E-state index in [0.29, 0.717) is 23.7 Å². The Morgan fingerprint density at radius 2 is 1.58 bits per heavy atom. The van der Waals surface area contributed by atoms with Gasteiger partial charge < -0.3 is 18.9 Å². The molecule has 4 aliphatic carbocycles. The van der Waals surface area contributed by atoms with Crippen molar-refractivity contribution in [2.24, 2.45) is 28.6 Å². The van der Waals surface area contributed by atoms with Gasteiger partial charge in [-0.3, -0.25) is 0 Å². The fourth-order valence-corrected chi connectivity index (χ4v) is 9.44. The summed E-state index contributed by atoms with van der Waals surface area (Å²) in [7, 11) is 0. The minimum atomic E-state index is -0.372. The molecule has 2 aliphatic heterocycles. The van der Waals surface area contributed by atoms with Crippen molar-refractivity contribution in [3.05, 3.63) is 47.5 Å². The van der Waals surface area contributed by atoms with Crippen molar-refractivity contribution in [3.63, 3.8) is 0 Å². The van der Waals surface area contributed by atoms with Gasteiger partial charge in [0.1, 0.15) is 0 Å². The highest BCUT2D eigenvalue weighted by molar-refractivity contribution is 5.33. The van der Waals surface area contributed by atoms with Crippen LogP contribution in [-0.4, -0.2) is 38.0 Å². The summed E-state index contributed by atoms with van der Waals surface area (Å²) in [5, 5.41) is 0. The van der Waals surface area contributed by atoms with Crippen LogP contribution in [0.2, 0.25) is 0 Å². The van der Waals surface area contributed by atoms with Gasteiger partial charge in [0.2, 0.25) is 0 Å². The topological polar surface area (TPSA) is 36.9 Å². The molecule has 2 heterocycles. The number of benzene rings is 1. The van der Waals surface area contributed by atoms with E-state index in [1.54, 1.807) is 5.57 Å². The minimum Gasteiger partial charge on any atom is -0.347 e. The van der Waals surface area contributed by atoms with E-state index in [2.05, 4.69) is 50.3 Å². The summed E-state index contributed by atoms with van der Waals surface area (Å²) in [6.45, 7) is 8.05. The van der Waals surface area contributed by atoms with E-state index >= 15 is 0 Å². The highest BCUT2D eigenvalue weighted by Crippen LogP contribution is 2.72. The quantitative estimate of drug-likeness (QED) is 0.505. The van der Waals surface area contributed by atoms with Gasteiger partial charge in [0, 0.05) is 24.7 Å². The van der Waals surface area contributed by atoms with Crippen molar-refractivity contribution in [1.82, 2.24) is 0 Å². The van der Waals surface area contributed by atoms with E-state index in [0.717, 1.165) is 58.5 Å². The summed E-state index contributed by atoms with van der Waals surface area (Å²) in [5.74, 6) is 1.77. The molecule has 6 atom stereocenters. The highest BCUT2D eigenvalue weighted by atomic mass is 16.7. The summed E-state index contributed by atoms with van der Waals surface area (Å²) in [5.41, 5.74) is 3.38. The first kappa shape index (κ1) is 21.1. The molecule has 4 heteroatoms. The van der Waals surface area contributed by atoms with E-state index in [4.69, 9.17) is 18.9 Å². The maximum Gasteiger partial charge on any atom is 0.174 e. The molecule has 0 N–H and O–H groups in total. The normalized spacial score (nSPS) is 45.0. The van der Waals surface area contributed by atoms with Gasteiger partial charge in [-0.25, -0.2) is 0 Å². The van der Waals surface area contributed by atoms with Gasteiger partial charge in [-0.1, -0.05) is 55.8 Å². The van der Waals surface area contributed by atoms with Crippen LogP contribution in [0, 0.1) is 28.6 Å². The van der Waals surface area contributed by atoms with Crippen LogP contribution in [0.4, 0.5) is 0 Å². The average Bonchev–Trinajstić information content (AvgIpc) is 3.56. The number of fused-ring (bicyclic) bond motifs is 6. The molecule has 6 aliphatic rings. The van der Waals surface area contributed by atoms with Crippen molar-refractivity contribution < 1.29 is 18.9 Å². The van der Waals surface area contributed by atoms with Crippen LogP contribution in [0.15, 0.2) is 42.0 Å². The molecule has 0 bridgehead atoms. The SMILES string of the molecule is CC12CCC3(CC1=CCC1C4CCC5(OCCO5)C4(C)C[C@@H](c4ccccc4)[C@@H]12)OCCO3. The predicted molar refractivity (Wildman–Crippen MR) is 126 cm³/mol. The van der Waals surface area contributed by atoms with Gasteiger partial charge >= 0.3 is 0 Å². The number of hydrogen-bond donors (Lipinski definition) is 0. The van der Waals surface area contributed by atoms with Crippen LogP contribution in [-0.2, 0) is 18.9 Å². The molecule has 2 spiro atoms. The highest BCUT2D eigenvalue weighted by Gasteiger charge is 2.69. The third kappa shape index (κ3) is 2.78. The molecule has 0 radical (unpaired) electrons. The van der Waals surface area contributed by atoms with Gasteiger partial charge in [-0.05, 0) is 60.3 Å². The third-order valence-corrected chi connectivity index (χ3v) is 10.9. The molecule has 5 fully saturated rings. The van der Waals surface area contributed by atoms with E-state index in [9.17, 15) is 0 Å². The number of hydrogen-bond acceptors (Lipinski definition) is 4. The molecule has 7 rings (SSSR count). The zero-order valence-corrected chi connectivity index (χ0v) is 20.2. The molecule has 0 aromatic heterocycles. The maximum absolute atomic E-state index is 6.46. The molecule has 1 aromatic rings. The lowest BCUT2D eigenvalue weighted by atomic mass is 9.44. The Morgan fingerprint density at radius 1 is 0.848 bits per heavy atom. The standard InChI is InChI=1S/C29H38O4/c1-26-12-13-28(30-14-15-31-28)18-21(26)8-9-22-24-10-11-29(32-16-17-33-29)27(24,2)19-23(25(22)26)20-6-4-3-5-7-20/h3-8,22-25H,9-19H2,1-2H3/t22?,23-,24?,25+,26?,27?/m0/s1. The van der Waals surface area contributed by atoms with Crippen LogP contribution in [0.3, 0.4) is 0 Å². The first-order valence-electron chi connectivity index (χ1n) is 13.3. The van der Waals surface area contributed by atoms with E-state index < -0.39 is 0 Å². The first-order chi connectivity index (χ1) is 16.0. The van der Waals surface area contributed by atoms with Gasteiger partial charge in [-0.15, -0.1) is 0 Å². The smallest absolute Gasteiger partial charge is 0.174 e. The van der Waals surface area contributed by atoms with Crippen LogP contribution >= 0.6 is 0 Å². The fourth-order valence-electron chi connectivity index (χ4n) is 9.44. The zero-order valence-electron chi connectivity index (χ0n) is 20.2. The first-order valence-corrected chi connectivity index (χ1v) is 13.3. The summed E-state index contributed by atoms with van der Waals surface area (Å²) in [4.78, 5) is 0. The lowest BCUT2D eigenvalue weighted by molar-refractivity contribution is -0.247. The summed E-state index contributed by atoms with van der Waals surface area (Å²) in [6, 6.07) is 11.4. The Bertz CT molecular complexity index is 944. The molecule has 33 heavy (non-hydrogen) atoms. The molecular weight excluding hydrogens is 412 g/mol. The van der Waals surface area contributed by atoms with Crippen molar-refractivity contribution >= 4 is 0 Å². The molecule has 0 amide bonds. The second-order valence-corrected chi connectivity index (χ2v) is 12.1. The molecular formula is C29H38O4. The predicted octanol–water partition coefficient (Wildman–Crippen LogP) is 5.83. The summed E-state index contributed by atoms with van der Waals surface area (Å²) in [6.07, 6.45) is 10.3. The monoisotopic (exact) mass is 450 g/mol. The Kier molecular flexibility index (Phi) is 4.58. The van der Waals surface area contributed by atoms with E-state index in [1.807, 2.05) is 0 Å². The summed E-state index contributed by atoms with van der Waals surface area (Å²) >= 11 is 0. The van der Waals surface area contributed by atoms with Crippen molar-refractivity contribution in [2.45, 2.75) is 76.3 Å². The van der Waals surface area contributed by atoms with E-state index in [1.165, 1.54) is 18.4 Å². The van der Waals surface area contributed by atoms with Crippen LogP contribution < -0.4 is 0 Å². The Morgan fingerprint density at radius 3 is 2.33 bits per heavy atom. The molecule has 4 nitrogen and oxygen atoms in total. The number of rotatable bonds is 1. The molecule has 2 saturated heterocycles. The van der Waals surface area contributed by atoms with Crippen molar-refractivity contribution in [1.29, 1.82) is 0 Å². The van der Waals surface area contributed by atoms with Gasteiger partial charge in [0.05, 0.1) is 26.4 Å². The molecule has 4 unspecified atom stereocenters. The zero-order chi connectivity index (χ0) is 22.3. The summed E-state index contributed by atoms with van der Waals surface area (Å²) < 4.78 is 25.3. The average molecular weight is 451 g/mol. The van der Waals surface area contributed by atoms with E-state index in [-0.39, 0.29) is 22.4 Å². The van der Waals surface area contributed by atoms with Crippen molar-refractivity contribution in [3.8, 4) is 0 Å². The second-order valence-electron chi connectivity index (χ2n) is 12.1. The minimum absolute atomic E-state index is 0.0699. The van der Waals surface area contributed by atoms with Crippen LogP contribution in [0.5, 0.6) is 0 Å². The Hall–Kier alpha value is -1.20. The molecule has 178 valence electrons. The lowest BCUT2D eigenvalue weighted by Gasteiger charge is -2.62. The van der Waals surface area contributed by atoms with Gasteiger partial charge in [-0.2, -0.15) is 0 Å². The second kappa shape index (κ2) is 7.16. The number of allylic oxidation sites excluding steroid dienone is 1. The van der Waals surface area contributed by atoms with Crippen LogP contribution in [0.25, 0.3) is 0 Å². The van der Waals surface area contributed by atoms with Crippen molar-refractivity contribution in [2.75, 3.05) is 26.4 Å². The molecule has 1 aromatic carbocycles. The lowest BCUT2D eigenvalue weighted by Crippen LogP contribution is -2.58.